The zero-order valence-electron chi connectivity index (χ0n) is 17.5. The molecule has 1 amide bonds. The molecule has 178 valence electrons. The second-order valence-corrected chi connectivity index (χ2v) is 9.48. The number of anilines is 1. The maximum Gasteiger partial charge on any atom is 0.472 e. The van der Waals surface area contributed by atoms with Gasteiger partial charge in [-0.2, -0.15) is 0 Å². The van der Waals surface area contributed by atoms with Gasteiger partial charge in [0.2, 0.25) is 0 Å². The predicted octanol–water partition coefficient (Wildman–Crippen LogP) is 2.04. The number of hydrogen-bond donors (Lipinski definition) is 3. The molecule has 6 unspecified atom stereocenters. The lowest BCUT2D eigenvalue weighted by molar-refractivity contribution is -0.0664. The summed E-state index contributed by atoms with van der Waals surface area (Å²) in [5.41, 5.74) is 0.542. The van der Waals surface area contributed by atoms with Gasteiger partial charge in [0.05, 0.1) is 12.9 Å². The van der Waals surface area contributed by atoms with Crippen molar-refractivity contribution in [3.8, 4) is 0 Å². The van der Waals surface area contributed by atoms with Gasteiger partial charge in [-0.1, -0.05) is 12.5 Å². The molecule has 3 N–H and O–H groups in total. The van der Waals surface area contributed by atoms with Crippen LogP contribution in [-0.4, -0.2) is 66.6 Å². The summed E-state index contributed by atoms with van der Waals surface area (Å²) in [5, 5.41) is 13.3. The van der Waals surface area contributed by atoms with Gasteiger partial charge in [-0.3, -0.25) is 18.9 Å². The van der Waals surface area contributed by atoms with E-state index in [0.717, 1.165) is 32.1 Å². The van der Waals surface area contributed by atoms with Crippen LogP contribution in [0.1, 0.15) is 38.3 Å². The summed E-state index contributed by atoms with van der Waals surface area (Å²) in [4.78, 5) is 34.5. The number of nitrogens with one attached hydrogen (secondary N) is 1. The first kappa shape index (κ1) is 22.4. The van der Waals surface area contributed by atoms with Crippen molar-refractivity contribution in [2.75, 3.05) is 11.9 Å². The molecule has 2 fully saturated rings. The van der Waals surface area contributed by atoms with Crippen LogP contribution in [0.2, 0.25) is 0 Å². The second-order valence-electron chi connectivity index (χ2n) is 8.07. The number of carbonyl (C=O) groups excluding carboxylic acids is 1. The molecule has 6 atom stereocenters. The Kier molecular flexibility index (Phi) is 6.16. The Morgan fingerprint density at radius 2 is 2.15 bits per heavy atom. The molecule has 2 aromatic heterocycles. The number of amides is 1. The summed E-state index contributed by atoms with van der Waals surface area (Å²) in [5.74, 6) is 0.142. The molecule has 0 spiro atoms. The van der Waals surface area contributed by atoms with Crippen molar-refractivity contribution in [2.45, 2.75) is 62.7 Å². The summed E-state index contributed by atoms with van der Waals surface area (Å²) < 4.78 is 34.2. The predicted molar refractivity (Wildman–Crippen MR) is 112 cm³/mol. The molecule has 33 heavy (non-hydrogen) atoms. The Morgan fingerprint density at radius 1 is 1.27 bits per heavy atom. The minimum atomic E-state index is -4.25. The molecule has 0 aromatic carbocycles. The average molecular weight is 481 g/mol. The van der Waals surface area contributed by atoms with Crippen molar-refractivity contribution in [1.29, 1.82) is 0 Å². The zero-order valence-corrected chi connectivity index (χ0v) is 18.4. The van der Waals surface area contributed by atoms with E-state index in [1.807, 2.05) is 12.2 Å². The van der Waals surface area contributed by atoms with Crippen LogP contribution in [0.5, 0.6) is 0 Å². The van der Waals surface area contributed by atoms with E-state index in [1.165, 1.54) is 17.2 Å². The number of aromatic nitrogens is 4. The van der Waals surface area contributed by atoms with Gasteiger partial charge in [0.1, 0.15) is 30.7 Å². The summed E-state index contributed by atoms with van der Waals surface area (Å²) in [6, 6.07) is 0. The largest absolute Gasteiger partial charge is 0.472 e. The Morgan fingerprint density at radius 3 is 3.03 bits per heavy atom. The topological polar surface area (TPSA) is 167 Å². The Balaban J connectivity index is 1.33. The molecular formula is C19H24N5O8P. The summed E-state index contributed by atoms with van der Waals surface area (Å²) in [6.07, 6.45) is 6.43. The number of rotatable bonds is 3. The summed E-state index contributed by atoms with van der Waals surface area (Å²) >= 11 is 0. The van der Waals surface area contributed by atoms with Gasteiger partial charge in [-0.25, -0.2) is 24.3 Å². The molecule has 2 aliphatic heterocycles. The SMILES string of the molecule is O=C(Nc1ncnc2c1ncn2C1OC2COP(=O)(O)OC2C1O)OC1/C=C/CCCCC1. The molecule has 14 heteroatoms. The zero-order chi connectivity index (χ0) is 23.0. The lowest BCUT2D eigenvalue weighted by Gasteiger charge is -2.27. The van der Waals surface area contributed by atoms with Crippen molar-refractivity contribution >= 4 is 30.9 Å². The Bertz CT molecular complexity index is 1110. The number of nitrogens with zero attached hydrogens (tertiary/aromatic N) is 4. The molecular weight excluding hydrogens is 457 g/mol. The van der Waals surface area contributed by atoms with Crippen LogP contribution in [-0.2, 0) is 23.1 Å². The van der Waals surface area contributed by atoms with E-state index in [-0.39, 0.29) is 29.7 Å². The van der Waals surface area contributed by atoms with Crippen molar-refractivity contribution in [3.63, 3.8) is 0 Å². The van der Waals surface area contributed by atoms with E-state index < -0.39 is 38.5 Å². The monoisotopic (exact) mass is 481 g/mol. The minimum absolute atomic E-state index is 0.142. The van der Waals surface area contributed by atoms with E-state index in [0.29, 0.717) is 0 Å². The highest BCUT2D eigenvalue weighted by Crippen LogP contribution is 2.52. The molecule has 1 aliphatic carbocycles. The third-order valence-corrected chi connectivity index (χ3v) is 6.77. The van der Waals surface area contributed by atoms with Gasteiger partial charge in [-0.15, -0.1) is 0 Å². The molecule has 0 bridgehead atoms. The van der Waals surface area contributed by atoms with Crippen LogP contribution in [0.15, 0.2) is 24.8 Å². The van der Waals surface area contributed by atoms with E-state index in [2.05, 4.69) is 20.3 Å². The van der Waals surface area contributed by atoms with E-state index in [9.17, 15) is 19.4 Å². The molecule has 2 aromatic rings. The molecule has 0 radical (unpaired) electrons. The van der Waals surface area contributed by atoms with Gasteiger partial charge >= 0.3 is 13.9 Å². The fourth-order valence-corrected chi connectivity index (χ4v) is 5.15. The lowest BCUT2D eigenvalue weighted by Crippen LogP contribution is -2.39. The smallest absolute Gasteiger partial charge is 0.442 e. The molecule has 4 heterocycles. The molecule has 3 aliphatic rings. The van der Waals surface area contributed by atoms with Crippen LogP contribution in [0.3, 0.4) is 0 Å². The highest BCUT2D eigenvalue weighted by atomic mass is 31.2. The van der Waals surface area contributed by atoms with Crippen LogP contribution in [0, 0.1) is 0 Å². The van der Waals surface area contributed by atoms with Crippen LogP contribution in [0.25, 0.3) is 11.2 Å². The first-order chi connectivity index (χ1) is 15.9. The van der Waals surface area contributed by atoms with Crippen LogP contribution in [0.4, 0.5) is 10.6 Å². The number of phosphoric acid groups is 1. The number of carbonyl (C=O) groups is 1. The lowest BCUT2D eigenvalue weighted by atomic mass is 10.0. The quantitative estimate of drug-likeness (QED) is 0.433. The third kappa shape index (κ3) is 4.65. The average Bonchev–Trinajstić information content (AvgIpc) is 3.31. The number of hydrogen-bond acceptors (Lipinski definition) is 10. The fraction of sp³-hybridized carbons (Fsp3) is 0.579. The molecule has 13 nitrogen and oxygen atoms in total. The standard InChI is InChI=1S/C19H24N5O8P/c25-14-15-12(8-29-33(27,28)32-15)31-18(14)24-10-22-13-16(20-9-21-17(13)24)23-19(26)30-11-6-4-2-1-3-5-7-11/h4,6,9-12,14-15,18,25H,1-3,5,7-8H2,(H,27,28)(H,20,21,23,26)/b6-4+. The third-order valence-electron chi connectivity index (χ3n) is 5.79. The van der Waals surface area contributed by atoms with Gasteiger partial charge in [0, 0.05) is 0 Å². The Labute approximate surface area is 188 Å². The minimum Gasteiger partial charge on any atom is -0.442 e. The number of allylic oxidation sites excluding steroid dienone is 1. The second kappa shape index (κ2) is 9.09. The highest BCUT2D eigenvalue weighted by Gasteiger charge is 2.52. The van der Waals surface area contributed by atoms with E-state index in [1.54, 1.807) is 0 Å². The number of phosphoric ester groups is 1. The van der Waals surface area contributed by atoms with Crippen LogP contribution < -0.4 is 5.32 Å². The number of imidazole rings is 1. The molecule has 0 saturated carbocycles. The van der Waals surface area contributed by atoms with Gasteiger partial charge < -0.3 is 19.5 Å². The number of ether oxygens (including phenoxy) is 2. The maximum atomic E-state index is 12.5. The van der Waals surface area contributed by atoms with Crippen molar-refractivity contribution in [3.05, 3.63) is 24.8 Å². The summed E-state index contributed by atoms with van der Waals surface area (Å²) in [6.45, 7) is -0.206. The highest BCUT2D eigenvalue weighted by molar-refractivity contribution is 7.47. The van der Waals surface area contributed by atoms with Crippen molar-refractivity contribution < 1.29 is 37.9 Å². The number of aliphatic hydroxyl groups is 1. The number of aliphatic hydroxyl groups excluding tert-OH is 1. The van der Waals surface area contributed by atoms with Crippen molar-refractivity contribution in [2.24, 2.45) is 0 Å². The van der Waals surface area contributed by atoms with Crippen LogP contribution >= 0.6 is 7.82 Å². The molecule has 5 rings (SSSR count). The number of fused-ring (bicyclic) bond motifs is 2. The van der Waals surface area contributed by atoms with Gasteiger partial charge in [-0.05, 0) is 31.8 Å². The Hall–Kier alpha value is -2.41. The van der Waals surface area contributed by atoms with Gasteiger partial charge in [0.25, 0.3) is 0 Å². The van der Waals surface area contributed by atoms with E-state index in [4.69, 9.17) is 18.5 Å². The van der Waals surface area contributed by atoms with E-state index >= 15 is 0 Å². The normalized spacial score (nSPS) is 35.4. The first-order valence-corrected chi connectivity index (χ1v) is 12.2. The summed E-state index contributed by atoms with van der Waals surface area (Å²) in [7, 11) is -4.25. The van der Waals surface area contributed by atoms with Crippen molar-refractivity contribution in [1.82, 2.24) is 19.5 Å². The fourth-order valence-electron chi connectivity index (χ4n) is 4.19. The first-order valence-electron chi connectivity index (χ1n) is 10.7. The van der Waals surface area contributed by atoms with Gasteiger partial charge in [0.15, 0.2) is 23.2 Å². The molecule has 2 saturated heterocycles. The maximum absolute atomic E-state index is 12.5.